The molecule has 1 aromatic rings. The third kappa shape index (κ3) is 2.44. The number of furan rings is 1. The molecule has 1 aromatic heterocycles. The normalized spacial score (nSPS) is 23.8. The van der Waals surface area contributed by atoms with E-state index in [1.165, 1.54) is 0 Å². The molecule has 94 valence electrons. The summed E-state index contributed by atoms with van der Waals surface area (Å²) >= 11 is 0. The molecule has 1 fully saturated rings. The average molecular weight is 236 g/mol. The maximum absolute atomic E-state index is 11.4. The van der Waals surface area contributed by atoms with E-state index in [4.69, 9.17) is 9.15 Å². The second kappa shape index (κ2) is 3.98. The van der Waals surface area contributed by atoms with Crippen molar-refractivity contribution in [2.75, 3.05) is 6.61 Å². The van der Waals surface area contributed by atoms with Crippen molar-refractivity contribution in [3.63, 3.8) is 0 Å². The van der Waals surface area contributed by atoms with Gasteiger partial charge >= 0.3 is 0 Å². The molecule has 0 aromatic carbocycles. The zero-order valence-electron chi connectivity index (χ0n) is 11.0. The van der Waals surface area contributed by atoms with Crippen molar-refractivity contribution < 1.29 is 13.9 Å². The maximum atomic E-state index is 11.4. The van der Waals surface area contributed by atoms with Gasteiger partial charge in [-0.1, -0.05) is 13.8 Å². The van der Waals surface area contributed by atoms with Gasteiger partial charge in [0.15, 0.2) is 5.78 Å². The number of rotatable bonds is 5. The van der Waals surface area contributed by atoms with E-state index in [-0.39, 0.29) is 11.2 Å². The molecule has 1 unspecified atom stereocenters. The summed E-state index contributed by atoms with van der Waals surface area (Å²) in [6.45, 7) is 8.41. The molecule has 2 rings (SSSR count). The molecule has 17 heavy (non-hydrogen) atoms. The van der Waals surface area contributed by atoms with Crippen molar-refractivity contribution in [2.45, 2.75) is 51.6 Å². The second-order valence-electron chi connectivity index (χ2n) is 5.63. The van der Waals surface area contributed by atoms with E-state index < -0.39 is 5.60 Å². The van der Waals surface area contributed by atoms with E-state index in [1.807, 2.05) is 19.1 Å². The number of epoxide rings is 1. The van der Waals surface area contributed by atoms with Crippen LogP contribution in [0.2, 0.25) is 0 Å². The van der Waals surface area contributed by atoms with Gasteiger partial charge in [0.1, 0.15) is 17.1 Å². The quantitative estimate of drug-likeness (QED) is 0.738. The molecule has 0 N–H and O–H groups in total. The van der Waals surface area contributed by atoms with Crippen molar-refractivity contribution in [3.8, 4) is 0 Å². The molecular formula is C14H20O3. The van der Waals surface area contributed by atoms with Gasteiger partial charge in [-0.2, -0.15) is 0 Å². The summed E-state index contributed by atoms with van der Waals surface area (Å²) in [4.78, 5) is 11.4. The lowest BCUT2D eigenvalue weighted by Gasteiger charge is -2.23. The molecule has 1 atom stereocenters. The van der Waals surface area contributed by atoms with Gasteiger partial charge in [-0.25, -0.2) is 0 Å². The zero-order valence-corrected chi connectivity index (χ0v) is 11.0. The highest BCUT2D eigenvalue weighted by Crippen LogP contribution is 2.39. The van der Waals surface area contributed by atoms with Crippen molar-refractivity contribution in [1.29, 1.82) is 0 Å². The third-order valence-electron chi connectivity index (χ3n) is 3.70. The van der Waals surface area contributed by atoms with Gasteiger partial charge in [-0.3, -0.25) is 4.79 Å². The molecule has 0 bridgehead atoms. The van der Waals surface area contributed by atoms with Gasteiger partial charge < -0.3 is 9.15 Å². The number of carbonyl (C=O) groups excluding carboxylic acids is 1. The number of ketones is 1. The molecule has 1 aliphatic heterocycles. The summed E-state index contributed by atoms with van der Waals surface area (Å²) in [5.74, 6) is 2.05. The van der Waals surface area contributed by atoms with Crippen LogP contribution in [0.1, 0.15) is 45.1 Å². The van der Waals surface area contributed by atoms with Gasteiger partial charge in [0.25, 0.3) is 0 Å². The Bertz CT molecular complexity index is 424. The summed E-state index contributed by atoms with van der Waals surface area (Å²) in [5.41, 5.74) is -0.540. The highest BCUT2D eigenvalue weighted by molar-refractivity contribution is 5.87. The summed E-state index contributed by atoms with van der Waals surface area (Å²) in [5, 5.41) is 0. The monoisotopic (exact) mass is 236 g/mol. The molecule has 1 aliphatic rings. The first-order valence-corrected chi connectivity index (χ1v) is 6.08. The van der Waals surface area contributed by atoms with Crippen LogP contribution in [0.15, 0.2) is 16.5 Å². The molecule has 0 radical (unpaired) electrons. The SMILES string of the molecule is CC(=O)C1(CCC(C)(C)c2ccc(C)o2)CO1. The van der Waals surface area contributed by atoms with Crippen LogP contribution in [-0.4, -0.2) is 18.0 Å². The van der Waals surface area contributed by atoms with Crippen LogP contribution in [-0.2, 0) is 14.9 Å². The Balaban J connectivity index is 2.01. The van der Waals surface area contributed by atoms with Crippen molar-refractivity contribution in [2.24, 2.45) is 0 Å². The van der Waals surface area contributed by atoms with Crippen LogP contribution < -0.4 is 0 Å². The Morgan fingerprint density at radius 2 is 2.12 bits per heavy atom. The average Bonchev–Trinajstić information content (AvgIpc) is 2.92. The number of Topliss-reactive ketones (excluding diaryl/α,β-unsaturated/α-hetero) is 1. The van der Waals surface area contributed by atoms with Gasteiger partial charge in [0.2, 0.25) is 0 Å². The Morgan fingerprint density at radius 3 is 2.53 bits per heavy atom. The first-order valence-electron chi connectivity index (χ1n) is 6.08. The molecule has 3 nitrogen and oxygen atoms in total. The Labute approximate surface area is 102 Å². The summed E-state index contributed by atoms with van der Waals surface area (Å²) in [6.07, 6.45) is 1.66. The molecule has 0 spiro atoms. The first-order chi connectivity index (χ1) is 7.86. The topological polar surface area (TPSA) is 42.7 Å². The summed E-state index contributed by atoms with van der Waals surface area (Å²) < 4.78 is 11.0. The van der Waals surface area contributed by atoms with Crippen molar-refractivity contribution >= 4 is 5.78 Å². The minimum atomic E-state index is -0.487. The molecule has 0 saturated carbocycles. The minimum absolute atomic E-state index is 0.0529. The Kier molecular flexibility index (Phi) is 2.90. The van der Waals surface area contributed by atoms with E-state index in [9.17, 15) is 4.79 Å². The van der Waals surface area contributed by atoms with E-state index in [1.54, 1.807) is 6.92 Å². The van der Waals surface area contributed by atoms with E-state index in [2.05, 4.69) is 13.8 Å². The summed E-state index contributed by atoms with van der Waals surface area (Å²) in [7, 11) is 0. The van der Waals surface area contributed by atoms with Gasteiger partial charge in [-0.05, 0) is 38.8 Å². The lowest BCUT2D eigenvalue weighted by molar-refractivity contribution is -0.122. The Morgan fingerprint density at radius 1 is 1.47 bits per heavy atom. The zero-order chi connectivity index (χ0) is 12.7. The molecule has 0 aliphatic carbocycles. The molecular weight excluding hydrogens is 216 g/mol. The van der Waals surface area contributed by atoms with Crippen LogP contribution in [0, 0.1) is 6.92 Å². The largest absolute Gasteiger partial charge is 0.466 e. The highest BCUT2D eigenvalue weighted by Gasteiger charge is 2.50. The molecule has 2 heterocycles. The standard InChI is InChI=1S/C14H20O3/c1-10-5-6-12(17-10)13(3,4)7-8-14(9-16-14)11(2)15/h5-6H,7-9H2,1-4H3. The fourth-order valence-electron chi connectivity index (χ4n) is 2.05. The fraction of sp³-hybridized carbons (Fsp3) is 0.643. The van der Waals surface area contributed by atoms with Crippen LogP contribution in [0.5, 0.6) is 0 Å². The number of hydrogen-bond donors (Lipinski definition) is 0. The van der Waals surface area contributed by atoms with Crippen molar-refractivity contribution in [1.82, 2.24) is 0 Å². The predicted molar refractivity (Wildman–Crippen MR) is 65.1 cm³/mol. The molecule has 3 heteroatoms. The smallest absolute Gasteiger partial charge is 0.163 e. The van der Waals surface area contributed by atoms with Crippen LogP contribution >= 0.6 is 0 Å². The first kappa shape index (κ1) is 12.4. The lowest BCUT2D eigenvalue weighted by Crippen LogP contribution is -2.26. The molecule has 0 amide bonds. The lowest BCUT2D eigenvalue weighted by atomic mass is 9.82. The van der Waals surface area contributed by atoms with Gasteiger partial charge in [0.05, 0.1) is 6.61 Å². The third-order valence-corrected chi connectivity index (χ3v) is 3.70. The Hall–Kier alpha value is -1.09. The maximum Gasteiger partial charge on any atom is 0.163 e. The van der Waals surface area contributed by atoms with E-state index >= 15 is 0 Å². The van der Waals surface area contributed by atoms with E-state index in [0.717, 1.165) is 24.4 Å². The van der Waals surface area contributed by atoms with Crippen LogP contribution in [0.3, 0.4) is 0 Å². The highest BCUT2D eigenvalue weighted by atomic mass is 16.6. The summed E-state index contributed by atoms with van der Waals surface area (Å²) in [6, 6.07) is 4.00. The number of ether oxygens (including phenoxy) is 1. The minimum Gasteiger partial charge on any atom is -0.466 e. The van der Waals surface area contributed by atoms with Crippen LogP contribution in [0.4, 0.5) is 0 Å². The molecule has 1 saturated heterocycles. The van der Waals surface area contributed by atoms with Crippen molar-refractivity contribution in [3.05, 3.63) is 23.7 Å². The number of hydrogen-bond acceptors (Lipinski definition) is 3. The predicted octanol–water partition coefficient (Wildman–Crippen LogP) is 3.00. The van der Waals surface area contributed by atoms with Crippen LogP contribution in [0.25, 0.3) is 0 Å². The van der Waals surface area contributed by atoms with Gasteiger partial charge in [0, 0.05) is 5.41 Å². The number of carbonyl (C=O) groups is 1. The second-order valence-corrected chi connectivity index (χ2v) is 5.63. The van der Waals surface area contributed by atoms with E-state index in [0.29, 0.717) is 6.61 Å². The number of aryl methyl sites for hydroxylation is 1. The fourth-order valence-corrected chi connectivity index (χ4v) is 2.05. The van der Waals surface area contributed by atoms with Gasteiger partial charge in [-0.15, -0.1) is 0 Å².